The number of likely N-dealkylation sites (tertiary alicyclic amines) is 2. The molecule has 0 unspecified atom stereocenters. The Kier molecular flexibility index (Phi) is 6.11. The van der Waals surface area contributed by atoms with Gasteiger partial charge < -0.3 is 10.6 Å². The van der Waals surface area contributed by atoms with Crippen molar-refractivity contribution in [2.24, 2.45) is 11.7 Å². The lowest BCUT2D eigenvalue weighted by Crippen LogP contribution is -2.39. The van der Waals surface area contributed by atoms with Crippen LogP contribution in [0.2, 0.25) is 0 Å². The maximum Gasteiger partial charge on any atom is 0.231 e. The van der Waals surface area contributed by atoms with Gasteiger partial charge in [-0.2, -0.15) is 0 Å². The van der Waals surface area contributed by atoms with Gasteiger partial charge in [0.1, 0.15) is 0 Å². The molecule has 0 aromatic carbocycles. The van der Waals surface area contributed by atoms with Gasteiger partial charge in [-0.15, -0.1) is 0 Å². The van der Waals surface area contributed by atoms with Crippen molar-refractivity contribution < 1.29 is 4.79 Å². The summed E-state index contributed by atoms with van der Waals surface area (Å²) in [5, 5.41) is 0. The number of nitrogens with two attached hydrogens (primary N) is 1. The maximum absolute atomic E-state index is 10.9. The summed E-state index contributed by atoms with van der Waals surface area (Å²) in [6, 6.07) is 0. The first-order valence-electron chi connectivity index (χ1n) is 7.97. The Morgan fingerprint density at radius 1 is 1.00 bits per heavy atom. The van der Waals surface area contributed by atoms with Crippen LogP contribution in [-0.2, 0) is 4.79 Å². The SMILES string of the molecule is NC(=O)CN1CCC(CCCN2CCCCC2)CC1. The van der Waals surface area contributed by atoms with Gasteiger partial charge >= 0.3 is 0 Å². The summed E-state index contributed by atoms with van der Waals surface area (Å²) in [5.74, 6) is 0.678. The third-order valence-electron chi connectivity index (χ3n) is 4.62. The van der Waals surface area contributed by atoms with E-state index >= 15 is 0 Å². The molecule has 0 aliphatic carbocycles. The summed E-state index contributed by atoms with van der Waals surface area (Å²) in [7, 11) is 0. The van der Waals surface area contributed by atoms with Crippen LogP contribution in [0.25, 0.3) is 0 Å². The maximum atomic E-state index is 10.9. The molecule has 110 valence electrons. The minimum Gasteiger partial charge on any atom is -0.369 e. The summed E-state index contributed by atoms with van der Waals surface area (Å²) >= 11 is 0. The van der Waals surface area contributed by atoms with Gasteiger partial charge in [0, 0.05) is 0 Å². The molecule has 1 amide bonds. The van der Waals surface area contributed by atoms with Gasteiger partial charge in [0.2, 0.25) is 5.91 Å². The molecule has 2 heterocycles. The number of nitrogens with zero attached hydrogens (tertiary/aromatic N) is 2. The van der Waals surface area contributed by atoms with Gasteiger partial charge in [0.05, 0.1) is 6.54 Å². The molecule has 0 saturated carbocycles. The fourth-order valence-corrected chi connectivity index (χ4v) is 3.44. The lowest BCUT2D eigenvalue weighted by atomic mass is 9.92. The van der Waals surface area contributed by atoms with Crippen molar-refractivity contribution >= 4 is 5.91 Å². The number of hydrogen-bond donors (Lipinski definition) is 1. The first-order chi connectivity index (χ1) is 9.24. The Bertz CT molecular complexity index is 269. The van der Waals surface area contributed by atoms with Crippen molar-refractivity contribution in [3.8, 4) is 0 Å². The Labute approximate surface area is 117 Å². The first-order valence-corrected chi connectivity index (χ1v) is 7.97. The Morgan fingerprint density at radius 2 is 1.68 bits per heavy atom. The van der Waals surface area contributed by atoms with E-state index in [-0.39, 0.29) is 5.91 Å². The van der Waals surface area contributed by atoms with E-state index < -0.39 is 0 Å². The Hall–Kier alpha value is -0.610. The fourth-order valence-electron chi connectivity index (χ4n) is 3.44. The molecule has 4 nitrogen and oxygen atoms in total. The summed E-state index contributed by atoms with van der Waals surface area (Å²) in [6.45, 7) is 6.48. The normalized spacial score (nSPS) is 23.6. The van der Waals surface area contributed by atoms with Gasteiger partial charge in [-0.3, -0.25) is 9.69 Å². The molecule has 0 bridgehead atoms. The van der Waals surface area contributed by atoms with Crippen LogP contribution >= 0.6 is 0 Å². The van der Waals surface area contributed by atoms with E-state index in [0.717, 1.165) is 19.0 Å². The zero-order valence-electron chi connectivity index (χ0n) is 12.1. The van der Waals surface area contributed by atoms with Crippen molar-refractivity contribution in [2.75, 3.05) is 39.3 Å². The molecule has 0 spiro atoms. The molecule has 2 fully saturated rings. The number of carbonyl (C=O) groups excluding carboxylic acids is 1. The molecule has 4 heteroatoms. The van der Waals surface area contributed by atoms with Crippen LogP contribution in [0.4, 0.5) is 0 Å². The van der Waals surface area contributed by atoms with E-state index in [1.54, 1.807) is 0 Å². The number of hydrogen-bond acceptors (Lipinski definition) is 3. The van der Waals surface area contributed by atoms with Crippen LogP contribution in [0, 0.1) is 5.92 Å². The molecule has 2 rings (SSSR count). The van der Waals surface area contributed by atoms with Crippen LogP contribution in [0.5, 0.6) is 0 Å². The summed E-state index contributed by atoms with van der Waals surface area (Å²) in [4.78, 5) is 15.7. The zero-order chi connectivity index (χ0) is 13.5. The number of amides is 1. The molecule has 0 aromatic rings. The summed E-state index contributed by atoms with van der Waals surface area (Å²) in [5.41, 5.74) is 5.23. The zero-order valence-corrected chi connectivity index (χ0v) is 12.1. The first kappa shape index (κ1) is 14.8. The molecule has 0 atom stereocenters. The van der Waals surface area contributed by atoms with E-state index in [9.17, 15) is 4.79 Å². The smallest absolute Gasteiger partial charge is 0.231 e. The molecular weight excluding hydrogens is 238 g/mol. The lowest BCUT2D eigenvalue weighted by Gasteiger charge is -2.32. The number of rotatable bonds is 6. The quantitative estimate of drug-likeness (QED) is 0.792. The van der Waals surface area contributed by atoms with Gasteiger partial charge in [0.15, 0.2) is 0 Å². The Balaban J connectivity index is 1.54. The molecule has 2 N–H and O–H groups in total. The van der Waals surface area contributed by atoms with Crippen molar-refractivity contribution in [3.05, 3.63) is 0 Å². The van der Waals surface area contributed by atoms with Gasteiger partial charge in [0.25, 0.3) is 0 Å². The predicted molar refractivity (Wildman–Crippen MR) is 77.9 cm³/mol. The van der Waals surface area contributed by atoms with E-state index in [1.165, 1.54) is 64.6 Å². The molecule has 19 heavy (non-hydrogen) atoms. The number of carbonyl (C=O) groups is 1. The van der Waals surface area contributed by atoms with E-state index in [4.69, 9.17) is 5.73 Å². The van der Waals surface area contributed by atoms with Crippen LogP contribution in [-0.4, -0.2) is 55.0 Å². The van der Waals surface area contributed by atoms with Crippen LogP contribution < -0.4 is 5.73 Å². The molecule has 2 saturated heterocycles. The molecule has 0 aromatic heterocycles. The second kappa shape index (κ2) is 7.85. The highest BCUT2D eigenvalue weighted by Crippen LogP contribution is 2.22. The lowest BCUT2D eigenvalue weighted by molar-refractivity contribution is -0.119. The van der Waals surface area contributed by atoms with Gasteiger partial charge in [-0.25, -0.2) is 0 Å². The van der Waals surface area contributed by atoms with Crippen LogP contribution in [0.15, 0.2) is 0 Å². The average molecular weight is 267 g/mol. The standard InChI is InChI=1S/C15H29N3O/c16-15(19)13-18-11-6-14(7-12-18)5-4-10-17-8-2-1-3-9-17/h14H,1-13H2,(H2,16,19). The highest BCUT2D eigenvalue weighted by molar-refractivity contribution is 5.75. The summed E-state index contributed by atoms with van der Waals surface area (Å²) in [6.07, 6.45) is 9.41. The van der Waals surface area contributed by atoms with E-state index in [1.807, 2.05) is 0 Å². The minimum atomic E-state index is -0.191. The predicted octanol–water partition coefficient (Wildman–Crippen LogP) is 1.45. The second-order valence-corrected chi connectivity index (χ2v) is 6.23. The summed E-state index contributed by atoms with van der Waals surface area (Å²) < 4.78 is 0. The second-order valence-electron chi connectivity index (χ2n) is 6.23. The van der Waals surface area contributed by atoms with E-state index in [2.05, 4.69) is 9.80 Å². The van der Waals surface area contributed by atoms with Gasteiger partial charge in [-0.05, 0) is 77.2 Å². The largest absolute Gasteiger partial charge is 0.369 e. The number of piperidine rings is 2. The molecule has 0 radical (unpaired) electrons. The topological polar surface area (TPSA) is 49.6 Å². The van der Waals surface area contributed by atoms with E-state index in [0.29, 0.717) is 6.54 Å². The van der Waals surface area contributed by atoms with Crippen LogP contribution in [0.3, 0.4) is 0 Å². The molecule has 2 aliphatic heterocycles. The third-order valence-corrected chi connectivity index (χ3v) is 4.62. The van der Waals surface area contributed by atoms with Crippen LogP contribution in [0.1, 0.15) is 44.9 Å². The number of primary amides is 1. The Morgan fingerprint density at radius 3 is 2.32 bits per heavy atom. The molecular formula is C15H29N3O. The molecule has 2 aliphatic rings. The fraction of sp³-hybridized carbons (Fsp3) is 0.933. The monoisotopic (exact) mass is 267 g/mol. The average Bonchev–Trinajstić information content (AvgIpc) is 2.41. The van der Waals surface area contributed by atoms with Crippen molar-refractivity contribution in [3.63, 3.8) is 0 Å². The highest BCUT2D eigenvalue weighted by Gasteiger charge is 2.20. The van der Waals surface area contributed by atoms with Gasteiger partial charge in [-0.1, -0.05) is 6.42 Å². The van der Waals surface area contributed by atoms with Crippen molar-refractivity contribution in [1.82, 2.24) is 9.80 Å². The highest BCUT2D eigenvalue weighted by atomic mass is 16.1. The van der Waals surface area contributed by atoms with Crippen molar-refractivity contribution in [2.45, 2.75) is 44.9 Å². The van der Waals surface area contributed by atoms with Crippen molar-refractivity contribution in [1.29, 1.82) is 0 Å². The third kappa shape index (κ3) is 5.49. The minimum absolute atomic E-state index is 0.191.